The van der Waals surface area contributed by atoms with Crippen LogP contribution in [-0.4, -0.2) is 45.8 Å². The molecule has 1 heterocycles. The lowest BCUT2D eigenvalue weighted by Gasteiger charge is -2.28. The van der Waals surface area contributed by atoms with Crippen LogP contribution in [0, 0.1) is 12.7 Å². The van der Waals surface area contributed by atoms with Crippen molar-refractivity contribution in [1.82, 2.24) is 14.0 Å². The molecule has 0 spiro atoms. The fourth-order valence-corrected chi connectivity index (χ4v) is 5.23. The SMILES string of the molecule is Cc1c(-c2ccccc2)c(=O)n(CC(c2ccccc2OCCCC(=O)O)N(C)C)c(=O)n1Cc1c(F)cccc1C(F)(F)F. The molecule has 238 valence electrons. The van der Waals surface area contributed by atoms with E-state index >= 15 is 0 Å². The molecule has 0 amide bonds. The molecule has 45 heavy (non-hydrogen) atoms. The molecule has 12 heteroatoms. The second kappa shape index (κ2) is 13.9. The molecule has 3 aromatic carbocycles. The number of para-hydroxylation sites is 1. The number of halogens is 4. The number of likely N-dealkylation sites (N-methyl/N-ethyl adjacent to an activating group) is 1. The summed E-state index contributed by atoms with van der Waals surface area (Å²) in [7, 11) is 3.47. The van der Waals surface area contributed by atoms with Crippen LogP contribution >= 0.6 is 0 Å². The highest BCUT2D eigenvalue weighted by Crippen LogP contribution is 2.34. The number of hydrogen-bond donors (Lipinski definition) is 1. The highest BCUT2D eigenvalue weighted by atomic mass is 19.4. The number of aliphatic carboxylic acids is 1. The summed E-state index contributed by atoms with van der Waals surface area (Å²) in [5.74, 6) is -1.66. The van der Waals surface area contributed by atoms with Gasteiger partial charge in [-0.25, -0.2) is 9.18 Å². The van der Waals surface area contributed by atoms with E-state index in [4.69, 9.17) is 9.84 Å². The summed E-state index contributed by atoms with van der Waals surface area (Å²) in [4.78, 5) is 40.8. The van der Waals surface area contributed by atoms with E-state index in [1.54, 1.807) is 73.6 Å². The van der Waals surface area contributed by atoms with Crippen molar-refractivity contribution in [3.8, 4) is 16.9 Å². The molecule has 0 fully saturated rings. The Bertz CT molecular complexity index is 1780. The third kappa shape index (κ3) is 7.51. The molecule has 4 aromatic rings. The van der Waals surface area contributed by atoms with E-state index in [2.05, 4.69) is 0 Å². The minimum Gasteiger partial charge on any atom is -0.493 e. The molecule has 1 aromatic heterocycles. The largest absolute Gasteiger partial charge is 0.493 e. The zero-order valence-corrected chi connectivity index (χ0v) is 25.0. The highest BCUT2D eigenvalue weighted by Gasteiger charge is 2.35. The van der Waals surface area contributed by atoms with Gasteiger partial charge in [-0.3, -0.25) is 18.7 Å². The first-order valence-electron chi connectivity index (χ1n) is 14.2. The maximum Gasteiger partial charge on any atom is 0.416 e. The molecule has 0 aliphatic heterocycles. The lowest BCUT2D eigenvalue weighted by Crippen LogP contribution is -2.44. The van der Waals surface area contributed by atoms with Gasteiger partial charge in [0.2, 0.25) is 0 Å². The molecular weight excluding hydrogens is 594 g/mol. The predicted molar refractivity (Wildman–Crippen MR) is 161 cm³/mol. The Hall–Kier alpha value is -4.71. The lowest BCUT2D eigenvalue weighted by atomic mass is 10.0. The van der Waals surface area contributed by atoms with Crippen molar-refractivity contribution >= 4 is 5.97 Å². The van der Waals surface area contributed by atoms with Gasteiger partial charge in [-0.05, 0) is 51.2 Å². The zero-order chi connectivity index (χ0) is 32.9. The summed E-state index contributed by atoms with van der Waals surface area (Å²) in [6.07, 6.45) is -4.71. The number of ether oxygens (including phenoxy) is 1. The van der Waals surface area contributed by atoms with Crippen LogP contribution in [0.2, 0.25) is 0 Å². The normalized spacial score (nSPS) is 12.4. The Morgan fingerprint density at radius 2 is 1.62 bits per heavy atom. The van der Waals surface area contributed by atoms with Crippen LogP contribution in [0.4, 0.5) is 17.6 Å². The van der Waals surface area contributed by atoms with Gasteiger partial charge in [0.15, 0.2) is 0 Å². The fourth-order valence-electron chi connectivity index (χ4n) is 5.23. The van der Waals surface area contributed by atoms with Crippen LogP contribution in [0.25, 0.3) is 11.1 Å². The molecular formula is C33H33F4N3O5. The standard InChI is InChI=1S/C33H33F4N3O5/c1-21-30(22-11-5-4-6-12-22)31(43)40(32(44)39(21)19-24-25(33(35,36)37)14-9-15-26(24)34)20-27(38(2)3)23-13-7-8-16-28(23)45-18-10-17-29(41)42/h4-9,11-16,27H,10,17-20H2,1-3H3,(H,41,42). The smallest absolute Gasteiger partial charge is 0.416 e. The number of benzene rings is 3. The van der Waals surface area contributed by atoms with Crippen molar-refractivity contribution in [2.24, 2.45) is 0 Å². The molecule has 1 atom stereocenters. The first kappa shape index (κ1) is 33.2. The Kier molecular flexibility index (Phi) is 10.3. The predicted octanol–water partition coefficient (Wildman–Crippen LogP) is 5.74. The number of carbonyl (C=O) groups is 1. The first-order valence-corrected chi connectivity index (χ1v) is 14.2. The van der Waals surface area contributed by atoms with Crippen molar-refractivity contribution < 1.29 is 32.2 Å². The number of aromatic nitrogens is 2. The van der Waals surface area contributed by atoms with Gasteiger partial charge in [0.05, 0.1) is 36.9 Å². The van der Waals surface area contributed by atoms with Crippen LogP contribution < -0.4 is 16.0 Å². The van der Waals surface area contributed by atoms with Gasteiger partial charge in [-0.2, -0.15) is 13.2 Å². The molecule has 0 saturated heterocycles. The topological polar surface area (TPSA) is 93.8 Å². The van der Waals surface area contributed by atoms with E-state index in [9.17, 15) is 31.9 Å². The molecule has 0 aliphatic rings. The molecule has 1 N–H and O–H groups in total. The maximum atomic E-state index is 14.9. The first-order chi connectivity index (χ1) is 21.3. The number of nitrogens with zero attached hydrogens (tertiary/aromatic N) is 3. The Morgan fingerprint density at radius 3 is 2.27 bits per heavy atom. The van der Waals surface area contributed by atoms with Crippen molar-refractivity contribution in [3.63, 3.8) is 0 Å². The van der Waals surface area contributed by atoms with Gasteiger partial charge in [0.25, 0.3) is 5.56 Å². The van der Waals surface area contributed by atoms with Crippen LogP contribution in [0.3, 0.4) is 0 Å². The summed E-state index contributed by atoms with van der Waals surface area (Å²) in [6, 6.07) is 17.3. The molecule has 0 bridgehead atoms. The number of alkyl halides is 3. The quantitative estimate of drug-likeness (QED) is 0.159. The van der Waals surface area contributed by atoms with Crippen LogP contribution in [0.15, 0.2) is 82.4 Å². The van der Waals surface area contributed by atoms with Crippen LogP contribution in [0.1, 0.15) is 41.3 Å². The number of carboxylic acids is 1. The van der Waals surface area contributed by atoms with E-state index in [1.807, 2.05) is 0 Å². The maximum absolute atomic E-state index is 14.9. The molecule has 0 aliphatic carbocycles. The van der Waals surface area contributed by atoms with Crippen molar-refractivity contribution in [3.05, 3.63) is 122 Å². The van der Waals surface area contributed by atoms with Crippen LogP contribution in [-0.2, 0) is 24.1 Å². The molecule has 0 saturated carbocycles. The van der Waals surface area contributed by atoms with Gasteiger partial charge < -0.3 is 14.7 Å². The summed E-state index contributed by atoms with van der Waals surface area (Å²) in [5.41, 5.74) is -2.27. The second-order valence-electron chi connectivity index (χ2n) is 10.7. The third-order valence-corrected chi connectivity index (χ3v) is 7.54. The molecule has 4 rings (SSSR count). The summed E-state index contributed by atoms with van der Waals surface area (Å²) in [5, 5.41) is 8.95. The van der Waals surface area contributed by atoms with E-state index in [-0.39, 0.29) is 37.3 Å². The molecule has 8 nitrogen and oxygen atoms in total. The van der Waals surface area contributed by atoms with E-state index in [0.717, 1.165) is 27.3 Å². The number of carboxylic acid groups (broad SMARTS) is 1. The molecule has 0 radical (unpaired) electrons. The minimum absolute atomic E-state index is 0.0854. The van der Waals surface area contributed by atoms with Gasteiger partial charge in [-0.15, -0.1) is 0 Å². The van der Waals surface area contributed by atoms with Crippen molar-refractivity contribution in [2.75, 3.05) is 20.7 Å². The van der Waals surface area contributed by atoms with Crippen molar-refractivity contribution in [1.29, 1.82) is 0 Å². The van der Waals surface area contributed by atoms with Gasteiger partial charge in [-0.1, -0.05) is 54.6 Å². The summed E-state index contributed by atoms with van der Waals surface area (Å²) < 4.78 is 64.5. The van der Waals surface area contributed by atoms with E-state index in [0.29, 0.717) is 16.9 Å². The average molecular weight is 628 g/mol. The van der Waals surface area contributed by atoms with Gasteiger partial charge >= 0.3 is 17.8 Å². The molecule has 1 unspecified atom stereocenters. The minimum atomic E-state index is -4.88. The second-order valence-corrected chi connectivity index (χ2v) is 10.7. The fraction of sp³-hybridized carbons (Fsp3) is 0.303. The monoisotopic (exact) mass is 627 g/mol. The van der Waals surface area contributed by atoms with Crippen molar-refractivity contribution in [2.45, 2.75) is 45.1 Å². The van der Waals surface area contributed by atoms with E-state index in [1.165, 1.54) is 6.92 Å². The van der Waals surface area contributed by atoms with E-state index < -0.39 is 52.9 Å². The third-order valence-electron chi connectivity index (χ3n) is 7.54. The van der Waals surface area contributed by atoms with Gasteiger partial charge in [0, 0.05) is 23.2 Å². The Labute approximate surface area is 256 Å². The summed E-state index contributed by atoms with van der Waals surface area (Å²) in [6.45, 7) is 0.586. The summed E-state index contributed by atoms with van der Waals surface area (Å²) >= 11 is 0. The Balaban J connectivity index is 1.88. The Morgan fingerprint density at radius 1 is 0.956 bits per heavy atom. The number of hydrogen-bond acceptors (Lipinski definition) is 5. The van der Waals surface area contributed by atoms with Gasteiger partial charge in [0.1, 0.15) is 11.6 Å². The lowest BCUT2D eigenvalue weighted by molar-refractivity contribution is -0.139. The average Bonchev–Trinajstić information content (AvgIpc) is 2.98. The zero-order valence-electron chi connectivity index (χ0n) is 25.0. The van der Waals surface area contributed by atoms with Crippen LogP contribution in [0.5, 0.6) is 5.75 Å². The number of rotatable bonds is 12. The highest BCUT2D eigenvalue weighted by molar-refractivity contribution is 5.66.